The maximum absolute atomic E-state index is 5.61. The van der Waals surface area contributed by atoms with Gasteiger partial charge in [0, 0.05) is 5.56 Å². The average molecular weight is 228 g/mol. The molecule has 1 aromatic carbocycles. The zero-order valence-electron chi connectivity index (χ0n) is 10.5. The van der Waals surface area contributed by atoms with Crippen LogP contribution in [0.4, 0.5) is 0 Å². The number of rotatable bonds is 6. The van der Waals surface area contributed by atoms with E-state index in [9.17, 15) is 0 Å². The summed E-state index contributed by atoms with van der Waals surface area (Å²) in [6.45, 7) is 2.24. The Morgan fingerprint density at radius 3 is 2.59 bits per heavy atom. The Morgan fingerprint density at radius 1 is 1.00 bits per heavy atom. The lowest BCUT2D eigenvalue weighted by molar-refractivity contribution is 0.575. The molecule has 2 rings (SSSR count). The number of unbranched alkanes of at least 4 members (excludes halogenated alkanes) is 3. The Labute approximate surface area is 103 Å². The van der Waals surface area contributed by atoms with Gasteiger partial charge in [-0.1, -0.05) is 56.5 Å². The van der Waals surface area contributed by atoms with Crippen molar-refractivity contribution >= 4 is 0 Å². The maximum atomic E-state index is 5.61. The molecule has 0 aliphatic heterocycles. The first-order chi connectivity index (χ1) is 8.40. The van der Waals surface area contributed by atoms with Crippen molar-refractivity contribution in [3.63, 3.8) is 0 Å². The van der Waals surface area contributed by atoms with Gasteiger partial charge < -0.3 is 4.42 Å². The van der Waals surface area contributed by atoms with E-state index in [0.29, 0.717) is 0 Å². The molecule has 0 bridgehead atoms. The molecule has 0 atom stereocenters. The number of hydrogen-bond donors (Lipinski definition) is 0. The number of hydrogen-bond acceptors (Lipinski definition) is 1. The van der Waals surface area contributed by atoms with E-state index in [1.807, 2.05) is 24.5 Å². The molecule has 0 fully saturated rings. The van der Waals surface area contributed by atoms with Crippen molar-refractivity contribution in [3.8, 4) is 11.3 Å². The van der Waals surface area contributed by atoms with Crippen LogP contribution in [0.15, 0.2) is 47.1 Å². The largest absolute Gasteiger partial charge is 0.464 e. The molecule has 1 nitrogen and oxygen atoms in total. The molecule has 90 valence electrons. The highest BCUT2D eigenvalue weighted by molar-refractivity contribution is 5.57. The van der Waals surface area contributed by atoms with Crippen LogP contribution < -0.4 is 0 Å². The Kier molecular flexibility index (Phi) is 4.43. The second-order valence-corrected chi connectivity index (χ2v) is 4.50. The predicted octanol–water partition coefficient (Wildman–Crippen LogP) is 5.07. The summed E-state index contributed by atoms with van der Waals surface area (Å²) < 4.78 is 5.61. The summed E-state index contributed by atoms with van der Waals surface area (Å²) in [4.78, 5) is 0. The molecule has 1 heterocycles. The highest BCUT2D eigenvalue weighted by Gasteiger charge is 2.03. The molecule has 0 saturated heterocycles. The van der Waals surface area contributed by atoms with E-state index in [1.165, 1.54) is 31.2 Å². The first-order valence-electron chi connectivity index (χ1n) is 6.53. The third kappa shape index (κ3) is 3.48. The van der Waals surface area contributed by atoms with Crippen molar-refractivity contribution in [1.29, 1.82) is 0 Å². The molecule has 0 radical (unpaired) electrons. The molecule has 0 unspecified atom stereocenters. The van der Waals surface area contributed by atoms with Gasteiger partial charge in [0.25, 0.3) is 0 Å². The molecule has 17 heavy (non-hydrogen) atoms. The molecule has 0 spiro atoms. The van der Waals surface area contributed by atoms with Gasteiger partial charge in [0.05, 0.1) is 6.26 Å². The Bertz CT molecular complexity index is 428. The summed E-state index contributed by atoms with van der Waals surface area (Å²) in [7, 11) is 0. The summed E-state index contributed by atoms with van der Waals surface area (Å²) in [6.07, 6.45) is 8.25. The van der Waals surface area contributed by atoms with Crippen LogP contribution in [0.25, 0.3) is 11.3 Å². The monoisotopic (exact) mass is 228 g/mol. The van der Waals surface area contributed by atoms with Crippen molar-refractivity contribution < 1.29 is 4.42 Å². The fraction of sp³-hybridized carbons (Fsp3) is 0.375. The van der Waals surface area contributed by atoms with Gasteiger partial charge in [-0.15, -0.1) is 0 Å². The second-order valence-electron chi connectivity index (χ2n) is 4.50. The zero-order chi connectivity index (χ0) is 11.9. The van der Waals surface area contributed by atoms with Crippen LogP contribution in [0.5, 0.6) is 0 Å². The molecule has 2 aromatic rings. The predicted molar refractivity (Wildman–Crippen MR) is 72.0 cm³/mol. The second kappa shape index (κ2) is 6.29. The van der Waals surface area contributed by atoms with Crippen molar-refractivity contribution in [3.05, 3.63) is 48.2 Å². The molecule has 0 amide bonds. The van der Waals surface area contributed by atoms with E-state index in [2.05, 4.69) is 25.1 Å². The van der Waals surface area contributed by atoms with Crippen molar-refractivity contribution in [1.82, 2.24) is 0 Å². The van der Waals surface area contributed by atoms with Gasteiger partial charge in [-0.3, -0.25) is 0 Å². The summed E-state index contributed by atoms with van der Waals surface area (Å²) in [5, 5.41) is 0. The van der Waals surface area contributed by atoms with E-state index in [4.69, 9.17) is 4.42 Å². The van der Waals surface area contributed by atoms with Gasteiger partial charge in [-0.05, 0) is 24.5 Å². The van der Waals surface area contributed by atoms with E-state index >= 15 is 0 Å². The summed E-state index contributed by atoms with van der Waals surface area (Å²) in [6, 6.07) is 12.4. The van der Waals surface area contributed by atoms with Crippen LogP contribution >= 0.6 is 0 Å². The minimum atomic E-state index is 0.982. The third-order valence-electron chi connectivity index (χ3n) is 3.03. The van der Waals surface area contributed by atoms with Gasteiger partial charge in [0.1, 0.15) is 5.76 Å². The molecular weight excluding hydrogens is 208 g/mol. The first kappa shape index (κ1) is 12.0. The van der Waals surface area contributed by atoms with E-state index in [1.54, 1.807) is 0 Å². The topological polar surface area (TPSA) is 13.1 Å². The summed E-state index contributed by atoms with van der Waals surface area (Å²) >= 11 is 0. The van der Waals surface area contributed by atoms with Crippen LogP contribution in [0.2, 0.25) is 0 Å². The fourth-order valence-corrected chi connectivity index (χ4v) is 2.02. The molecule has 1 heteroatoms. The number of benzene rings is 1. The van der Waals surface area contributed by atoms with Crippen molar-refractivity contribution in [2.24, 2.45) is 0 Å². The van der Waals surface area contributed by atoms with Gasteiger partial charge in [-0.25, -0.2) is 0 Å². The smallest absolute Gasteiger partial charge is 0.134 e. The van der Waals surface area contributed by atoms with Gasteiger partial charge in [0.15, 0.2) is 0 Å². The quantitative estimate of drug-likeness (QED) is 0.629. The lowest BCUT2D eigenvalue weighted by Gasteiger charge is -1.96. The fourth-order valence-electron chi connectivity index (χ4n) is 2.02. The Hall–Kier alpha value is -1.50. The molecule has 0 aliphatic rings. The maximum Gasteiger partial charge on any atom is 0.134 e. The molecule has 0 N–H and O–H groups in total. The third-order valence-corrected chi connectivity index (χ3v) is 3.03. The van der Waals surface area contributed by atoms with Crippen LogP contribution in [-0.2, 0) is 6.42 Å². The first-order valence-corrected chi connectivity index (χ1v) is 6.53. The SMILES string of the molecule is CCCCCCc1coc(-c2ccccc2)c1. The average Bonchev–Trinajstić information content (AvgIpc) is 2.85. The van der Waals surface area contributed by atoms with Crippen LogP contribution in [-0.4, -0.2) is 0 Å². The highest BCUT2D eigenvalue weighted by atomic mass is 16.3. The highest BCUT2D eigenvalue weighted by Crippen LogP contribution is 2.22. The molecular formula is C16H20O. The summed E-state index contributed by atoms with van der Waals surface area (Å²) in [5.41, 5.74) is 2.48. The number of aryl methyl sites for hydroxylation is 1. The Morgan fingerprint density at radius 2 is 1.82 bits per heavy atom. The minimum absolute atomic E-state index is 0.982. The van der Waals surface area contributed by atoms with E-state index in [0.717, 1.165) is 17.7 Å². The van der Waals surface area contributed by atoms with Crippen molar-refractivity contribution in [2.45, 2.75) is 39.0 Å². The minimum Gasteiger partial charge on any atom is -0.464 e. The number of furan rings is 1. The summed E-state index contributed by atoms with van der Waals surface area (Å²) in [5.74, 6) is 0.982. The van der Waals surface area contributed by atoms with Gasteiger partial charge in [0.2, 0.25) is 0 Å². The van der Waals surface area contributed by atoms with Crippen molar-refractivity contribution in [2.75, 3.05) is 0 Å². The molecule has 0 aliphatic carbocycles. The van der Waals surface area contributed by atoms with Gasteiger partial charge >= 0.3 is 0 Å². The van der Waals surface area contributed by atoms with Crippen LogP contribution in [0.3, 0.4) is 0 Å². The standard InChI is InChI=1S/C16H20O/c1-2-3-4-6-9-14-12-16(17-13-14)15-10-7-5-8-11-15/h5,7-8,10-13H,2-4,6,9H2,1H3. The zero-order valence-corrected chi connectivity index (χ0v) is 10.5. The normalized spacial score (nSPS) is 10.6. The Balaban J connectivity index is 1.92. The molecule has 0 saturated carbocycles. The van der Waals surface area contributed by atoms with Crippen LogP contribution in [0.1, 0.15) is 38.2 Å². The lowest BCUT2D eigenvalue weighted by Crippen LogP contribution is -1.82. The van der Waals surface area contributed by atoms with E-state index < -0.39 is 0 Å². The van der Waals surface area contributed by atoms with E-state index in [-0.39, 0.29) is 0 Å². The molecule has 1 aromatic heterocycles. The lowest BCUT2D eigenvalue weighted by atomic mass is 10.1. The van der Waals surface area contributed by atoms with Crippen LogP contribution in [0, 0.1) is 0 Å². The van der Waals surface area contributed by atoms with Gasteiger partial charge in [-0.2, -0.15) is 0 Å².